The first-order chi connectivity index (χ1) is 16.7. The van der Waals surface area contributed by atoms with Crippen molar-refractivity contribution >= 4 is 23.8 Å². The molecule has 0 aromatic heterocycles. The Hall–Kier alpha value is -2.75. The highest BCUT2D eigenvalue weighted by atomic mass is 16.2. The van der Waals surface area contributed by atoms with E-state index < -0.39 is 6.04 Å². The zero-order valence-corrected chi connectivity index (χ0v) is 21.3. The second kappa shape index (κ2) is 12.3. The molecule has 2 saturated heterocycles. The van der Waals surface area contributed by atoms with Crippen molar-refractivity contribution in [2.24, 2.45) is 21.9 Å². The molecule has 0 bridgehead atoms. The van der Waals surface area contributed by atoms with Crippen LogP contribution < -0.4 is 16.8 Å². The molecule has 2 amide bonds. The normalized spacial score (nSPS) is 23.5. The smallest absolute Gasteiger partial charge is 0.239 e. The summed E-state index contributed by atoms with van der Waals surface area (Å²) in [5, 5.41) is 2.55. The molecule has 2 aliphatic rings. The Morgan fingerprint density at radius 2 is 1.80 bits per heavy atom. The van der Waals surface area contributed by atoms with Crippen molar-refractivity contribution < 1.29 is 9.59 Å². The number of rotatable bonds is 9. The molecule has 3 rings (SSSR count). The number of aliphatic imine (C=N–C) groups is 1. The van der Waals surface area contributed by atoms with Crippen molar-refractivity contribution in [3.63, 3.8) is 0 Å². The van der Waals surface area contributed by atoms with Gasteiger partial charge in [0.05, 0.1) is 11.7 Å². The summed E-state index contributed by atoms with van der Waals surface area (Å²) in [6.07, 6.45) is 5.15. The zero-order valence-electron chi connectivity index (χ0n) is 21.3. The summed E-state index contributed by atoms with van der Waals surface area (Å²) in [5.74, 6) is 1.12. The average molecular weight is 484 g/mol. The molecule has 3 unspecified atom stereocenters. The van der Waals surface area contributed by atoms with Crippen molar-refractivity contribution in [1.29, 1.82) is 0 Å². The molecule has 2 aliphatic heterocycles. The summed E-state index contributed by atoms with van der Waals surface area (Å²) < 4.78 is 0. The van der Waals surface area contributed by atoms with Gasteiger partial charge in [0.2, 0.25) is 12.3 Å². The molecule has 0 aliphatic carbocycles. The second-order valence-electron chi connectivity index (χ2n) is 10.2. The Labute approximate surface area is 209 Å². The van der Waals surface area contributed by atoms with E-state index in [0.29, 0.717) is 38.5 Å². The highest BCUT2D eigenvalue weighted by molar-refractivity contribution is 5.95. The highest BCUT2D eigenvalue weighted by Gasteiger charge is 2.32. The van der Waals surface area contributed by atoms with Gasteiger partial charge in [-0.3, -0.25) is 9.59 Å². The fourth-order valence-electron chi connectivity index (χ4n) is 4.77. The van der Waals surface area contributed by atoms with Crippen LogP contribution in [0.3, 0.4) is 0 Å². The lowest BCUT2D eigenvalue weighted by atomic mass is 9.90. The van der Waals surface area contributed by atoms with Crippen LogP contribution in [0.5, 0.6) is 0 Å². The predicted octanol–water partition coefficient (Wildman–Crippen LogP) is 1.24. The highest BCUT2D eigenvalue weighted by Crippen LogP contribution is 2.30. The molecule has 5 N–H and O–H groups in total. The Kier molecular flexibility index (Phi) is 9.42. The van der Waals surface area contributed by atoms with Crippen molar-refractivity contribution in [2.75, 3.05) is 52.4 Å². The molecular weight excluding hydrogens is 442 g/mol. The van der Waals surface area contributed by atoms with E-state index in [2.05, 4.69) is 41.1 Å². The van der Waals surface area contributed by atoms with Crippen molar-refractivity contribution in [2.45, 2.75) is 39.2 Å². The molecule has 3 atom stereocenters. The predicted molar refractivity (Wildman–Crippen MR) is 140 cm³/mol. The van der Waals surface area contributed by atoms with Gasteiger partial charge in [0.25, 0.3) is 0 Å². The monoisotopic (exact) mass is 483 g/mol. The van der Waals surface area contributed by atoms with Crippen molar-refractivity contribution in [3.8, 4) is 0 Å². The number of nitrogens with two attached hydrogens (primary N) is 2. The number of amides is 2. The van der Waals surface area contributed by atoms with E-state index in [0.717, 1.165) is 44.1 Å². The van der Waals surface area contributed by atoms with Crippen LogP contribution in [-0.2, 0) is 9.59 Å². The molecule has 2 heterocycles. The minimum absolute atomic E-state index is 0.0346. The third kappa shape index (κ3) is 7.37. The van der Waals surface area contributed by atoms with Crippen molar-refractivity contribution in [1.82, 2.24) is 20.0 Å². The van der Waals surface area contributed by atoms with Gasteiger partial charge in [0.1, 0.15) is 5.84 Å². The maximum absolute atomic E-state index is 12.2. The van der Waals surface area contributed by atoms with Gasteiger partial charge < -0.3 is 31.5 Å². The molecule has 9 heteroatoms. The van der Waals surface area contributed by atoms with Crippen LogP contribution >= 0.6 is 0 Å². The molecule has 35 heavy (non-hydrogen) atoms. The van der Waals surface area contributed by atoms with E-state index in [1.807, 2.05) is 12.1 Å². The van der Waals surface area contributed by atoms with Gasteiger partial charge in [-0.2, -0.15) is 0 Å². The number of carbonyl (C=O) groups is 2. The third-order valence-corrected chi connectivity index (χ3v) is 7.07. The topological polar surface area (TPSA) is 120 Å². The number of likely N-dealkylation sites (tertiary alicyclic amines) is 1. The maximum atomic E-state index is 12.2. The first kappa shape index (κ1) is 26.8. The molecule has 0 radical (unpaired) electrons. The number of piperazine rings is 1. The first-order valence-corrected chi connectivity index (χ1v) is 12.5. The van der Waals surface area contributed by atoms with E-state index in [9.17, 15) is 9.59 Å². The Morgan fingerprint density at radius 3 is 2.37 bits per heavy atom. The number of carbonyl (C=O) groups excluding carboxylic acids is 2. The molecule has 192 valence electrons. The number of amidine groups is 1. The Morgan fingerprint density at radius 1 is 1.14 bits per heavy atom. The van der Waals surface area contributed by atoms with Gasteiger partial charge in [0, 0.05) is 45.5 Å². The van der Waals surface area contributed by atoms with E-state index in [4.69, 9.17) is 16.5 Å². The molecular formula is C26H41N7O2. The second-order valence-corrected chi connectivity index (χ2v) is 10.2. The van der Waals surface area contributed by atoms with Gasteiger partial charge in [-0.1, -0.05) is 26.0 Å². The Balaban J connectivity index is 1.66. The standard InChI is InChI=1S/C26H41N7O2/c1-20(16-31-11-9-26(3,17-27)18-31)22-4-6-23(7-5-22)30-24(8-10-29-19-34)32-12-14-33(15-13-32)25(35)21(2)28/h4-8,10,19-21H,9,11-18,27-28H2,1-3H3,(H,29,34)/b10-8-,30-24+. The quantitative estimate of drug-likeness (QED) is 0.276. The van der Waals surface area contributed by atoms with Gasteiger partial charge in [-0.05, 0) is 61.5 Å². The van der Waals surface area contributed by atoms with E-state index >= 15 is 0 Å². The minimum atomic E-state index is -0.497. The average Bonchev–Trinajstić information content (AvgIpc) is 3.24. The molecule has 1 aromatic carbocycles. The van der Waals surface area contributed by atoms with Crippen LogP contribution in [0.25, 0.3) is 0 Å². The SMILES string of the molecule is CC(N)C(=O)N1CCN(C(/C=C\NC=O)=N/c2ccc(C(C)CN3CCC(C)(CN)C3)cc2)CC1. The molecule has 1 aromatic rings. The Bertz CT molecular complexity index is 907. The molecule has 9 nitrogen and oxygen atoms in total. The van der Waals surface area contributed by atoms with Gasteiger partial charge in [-0.25, -0.2) is 4.99 Å². The van der Waals surface area contributed by atoms with Crippen LogP contribution in [0.4, 0.5) is 5.69 Å². The largest absolute Gasteiger partial charge is 0.353 e. The fraction of sp³-hybridized carbons (Fsp3) is 0.577. The number of benzene rings is 1. The van der Waals surface area contributed by atoms with Crippen LogP contribution in [0.15, 0.2) is 41.5 Å². The lowest BCUT2D eigenvalue weighted by Crippen LogP contribution is -2.53. The summed E-state index contributed by atoms with van der Waals surface area (Å²) in [6.45, 7) is 12.6. The van der Waals surface area contributed by atoms with Crippen molar-refractivity contribution in [3.05, 3.63) is 42.1 Å². The first-order valence-electron chi connectivity index (χ1n) is 12.5. The van der Waals surface area contributed by atoms with Crippen LogP contribution in [-0.4, -0.2) is 91.3 Å². The van der Waals surface area contributed by atoms with Gasteiger partial charge in [-0.15, -0.1) is 0 Å². The molecule has 0 spiro atoms. The van der Waals surface area contributed by atoms with Crippen LogP contribution in [0.2, 0.25) is 0 Å². The summed E-state index contributed by atoms with van der Waals surface area (Å²) in [7, 11) is 0. The fourth-order valence-corrected chi connectivity index (χ4v) is 4.77. The summed E-state index contributed by atoms with van der Waals surface area (Å²) in [4.78, 5) is 34.2. The number of nitrogens with zero attached hydrogens (tertiary/aromatic N) is 4. The number of hydrogen-bond acceptors (Lipinski definition) is 6. The summed E-state index contributed by atoms with van der Waals surface area (Å²) in [5.41, 5.74) is 14.1. The summed E-state index contributed by atoms with van der Waals surface area (Å²) in [6, 6.07) is 7.87. The maximum Gasteiger partial charge on any atom is 0.239 e. The lowest BCUT2D eigenvalue weighted by molar-refractivity contribution is -0.133. The van der Waals surface area contributed by atoms with Gasteiger partial charge >= 0.3 is 0 Å². The van der Waals surface area contributed by atoms with Gasteiger partial charge in [0.15, 0.2) is 0 Å². The van der Waals surface area contributed by atoms with Crippen LogP contribution in [0.1, 0.15) is 38.7 Å². The van der Waals surface area contributed by atoms with E-state index in [-0.39, 0.29) is 11.3 Å². The van der Waals surface area contributed by atoms with E-state index in [1.165, 1.54) is 5.56 Å². The van der Waals surface area contributed by atoms with E-state index in [1.54, 1.807) is 24.1 Å². The number of hydrogen-bond donors (Lipinski definition) is 3. The zero-order chi connectivity index (χ0) is 25.4. The lowest BCUT2D eigenvalue weighted by Gasteiger charge is -2.36. The summed E-state index contributed by atoms with van der Waals surface area (Å²) >= 11 is 0. The number of nitrogens with one attached hydrogen (secondary N) is 1. The molecule has 0 saturated carbocycles. The third-order valence-electron chi connectivity index (χ3n) is 7.07. The van der Waals surface area contributed by atoms with Crippen LogP contribution in [0, 0.1) is 5.41 Å². The molecule has 2 fully saturated rings. The minimum Gasteiger partial charge on any atom is -0.353 e.